The molecule has 2 heterocycles. The van der Waals surface area contributed by atoms with Crippen LogP contribution in [0.15, 0.2) is 30.5 Å². The van der Waals surface area contributed by atoms with Crippen LogP contribution in [-0.4, -0.2) is 30.8 Å². The Morgan fingerprint density at radius 3 is 2.83 bits per heavy atom. The second-order valence-corrected chi connectivity index (χ2v) is 5.20. The third-order valence-corrected chi connectivity index (χ3v) is 4.08. The maximum absolute atomic E-state index is 5.61. The number of aromatic nitrogens is 1. The van der Waals surface area contributed by atoms with Gasteiger partial charge in [-0.05, 0) is 30.9 Å². The van der Waals surface area contributed by atoms with Gasteiger partial charge in [0.25, 0.3) is 0 Å². The van der Waals surface area contributed by atoms with Gasteiger partial charge in [-0.15, -0.1) is 0 Å². The largest absolute Gasteiger partial charge is 0.376 e. The summed E-state index contributed by atoms with van der Waals surface area (Å²) in [6.45, 7) is 1.99. The van der Waals surface area contributed by atoms with E-state index in [9.17, 15) is 0 Å². The van der Waals surface area contributed by atoms with Gasteiger partial charge < -0.3 is 15.0 Å². The molecule has 0 atom stereocenters. The number of benzene rings is 1. The fourth-order valence-corrected chi connectivity index (χ4v) is 2.77. The molecule has 3 heteroatoms. The van der Waals surface area contributed by atoms with Crippen LogP contribution in [0.2, 0.25) is 0 Å². The number of hydrogen-bond donors (Lipinski definition) is 2. The summed E-state index contributed by atoms with van der Waals surface area (Å²) in [5.41, 5.74) is 2.76. The Hall–Kier alpha value is -1.32. The van der Waals surface area contributed by atoms with Crippen LogP contribution in [-0.2, 0) is 11.2 Å². The first-order chi connectivity index (χ1) is 8.83. The van der Waals surface area contributed by atoms with Crippen molar-refractivity contribution in [3.05, 3.63) is 36.0 Å². The minimum atomic E-state index is 0.103. The van der Waals surface area contributed by atoms with Gasteiger partial charge in [-0.1, -0.05) is 18.2 Å². The lowest BCUT2D eigenvalue weighted by Gasteiger charge is -2.41. The zero-order valence-corrected chi connectivity index (χ0v) is 10.8. The lowest BCUT2D eigenvalue weighted by atomic mass is 9.89. The van der Waals surface area contributed by atoms with Crippen LogP contribution in [0, 0.1) is 0 Å². The first kappa shape index (κ1) is 11.8. The highest BCUT2D eigenvalue weighted by Gasteiger charge is 2.35. The summed E-state index contributed by atoms with van der Waals surface area (Å²) in [5, 5.41) is 4.65. The molecule has 1 aromatic heterocycles. The third-order valence-electron chi connectivity index (χ3n) is 4.08. The molecule has 0 amide bonds. The van der Waals surface area contributed by atoms with E-state index in [-0.39, 0.29) is 5.60 Å². The Morgan fingerprint density at radius 2 is 2.11 bits per heavy atom. The topological polar surface area (TPSA) is 37.0 Å². The van der Waals surface area contributed by atoms with Crippen molar-refractivity contribution in [2.45, 2.75) is 24.9 Å². The summed E-state index contributed by atoms with van der Waals surface area (Å²) in [6, 6.07) is 8.50. The molecular weight excluding hydrogens is 224 g/mol. The van der Waals surface area contributed by atoms with E-state index >= 15 is 0 Å². The molecule has 1 fully saturated rings. The zero-order valence-electron chi connectivity index (χ0n) is 10.8. The van der Waals surface area contributed by atoms with Crippen molar-refractivity contribution in [1.82, 2.24) is 10.3 Å². The minimum Gasteiger partial charge on any atom is -0.376 e. The average Bonchev–Trinajstić information content (AvgIpc) is 2.76. The number of fused-ring (bicyclic) bond motifs is 1. The molecule has 0 aliphatic carbocycles. The number of hydrogen-bond acceptors (Lipinski definition) is 2. The second kappa shape index (κ2) is 4.75. The van der Waals surface area contributed by atoms with Gasteiger partial charge in [0, 0.05) is 37.3 Å². The van der Waals surface area contributed by atoms with E-state index in [1.165, 1.54) is 22.9 Å². The van der Waals surface area contributed by atoms with Crippen LogP contribution >= 0.6 is 0 Å². The van der Waals surface area contributed by atoms with Crippen LogP contribution in [0.1, 0.15) is 18.4 Å². The van der Waals surface area contributed by atoms with Crippen molar-refractivity contribution in [2.24, 2.45) is 0 Å². The first-order valence-electron chi connectivity index (χ1n) is 6.64. The van der Waals surface area contributed by atoms with E-state index in [1.54, 1.807) is 0 Å². The van der Waals surface area contributed by atoms with Gasteiger partial charge in [0.05, 0.1) is 5.60 Å². The fourth-order valence-electron chi connectivity index (χ4n) is 2.77. The number of H-pyrrole nitrogens is 1. The van der Waals surface area contributed by atoms with E-state index < -0.39 is 0 Å². The highest BCUT2D eigenvalue weighted by atomic mass is 16.5. The number of nitrogens with one attached hydrogen (secondary N) is 2. The van der Waals surface area contributed by atoms with Crippen LogP contribution < -0.4 is 5.32 Å². The van der Waals surface area contributed by atoms with Crippen molar-refractivity contribution in [1.29, 1.82) is 0 Å². The normalized spacial score (nSPS) is 17.8. The van der Waals surface area contributed by atoms with Gasteiger partial charge in [-0.3, -0.25) is 0 Å². The van der Waals surface area contributed by atoms with E-state index in [1.807, 2.05) is 7.11 Å². The summed E-state index contributed by atoms with van der Waals surface area (Å²) >= 11 is 0. The van der Waals surface area contributed by atoms with Crippen molar-refractivity contribution in [3.63, 3.8) is 0 Å². The third kappa shape index (κ3) is 2.04. The van der Waals surface area contributed by atoms with Crippen molar-refractivity contribution < 1.29 is 4.74 Å². The monoisotopic (exact) mass is 244 g/mol. The van der Waals surface area contributed by atoms with Gasteiger partial charge >= 0.3 is 0 Å². The molecule has 0 bridgehead atoms. The SMILES string of the molecule is COC1(CCCc2c[nH]c3ccccc23)CNC1. The zero-order chi connectivity index (χ0) is 12.4. The molecule has 0 saturated carbocycles. The van der Waals surface area contributed by atoms with E-state index in [0.29, 0.717) is 0 Å². The Bertz CT molecular complexity index is 523. The van der Waals surface area contributed by atoms with Gasteiger partial charge in [0.15, 0.2) is 0 Å². The average molecular weight is 244 g/mol. The molecule has 2 aromatic rings. The number of ether oxygens (including phenoxy) is 1. The summed E-state index contributed by atoms with van der Waals surface area (Å²) in [4.78, 5) is 3.33. The smallest absolute Gasteiger partial charge is 0.0926 e. The summed E-state index contributed by atoms with van der Waals surface area (Å²) in [5.74, 6) is 0. The molecule has 18 heavy (non-hydrogen) atoms. The molecule has 2 N–H and O–H groups in total. The number of para-hydroxylation sites is 1. The predicted octanol–water partition coefficient (Wildman–Crippen LogP) is 2.48. The van der Waals surface area contributed by atoms with Crippen molar-refractivity contribution >= 4 is 10.9 Å². The molecule has 1 aliphatic rings. The molecule has 96 valence electrons. The van der Waals surface area contributed by atoms with E-state index in [0.717, 1.165) is 25.9 Å². The van der Waals surface area contributed by atoms with Crippen LogP contribution in [0.3, 0.4) is 0 Å². The Labute approximate surface area is 108 Å². The Kier molecular flexibility index (Phi) is 3.10. The first-order valence-corrected chi connectivity index (χ1v) is 6.64. The lowest BCUT2D eigenvalue weighted by Crippen LogP contribution is -2.60. The second-order valence-electron chi connectivity index (χ2n) is 5.20. The Morgan fingerprint density at radius 1 is 1.28 bits per heavy atom. The van der Waals surface area contributed by atoms with Gasteiger partial charge in [0.1, 0.15) is 0 Å². The highest BCUT2D eigenvalue weighted by Crippen LogP contribution is 2.25. The molecule has 0 radical (unpaired) electrons. The number of aromatic amines is 1. The standard InChI is InChI=1S/C15H20N2O/c1-18-15(10-16-11-15)8-4-5-12-9-17-14-7-3-2-6-13(12)14/h2-3,6-7,9,16-17H,4-5,8,10-11H2,1H3. The number of methoxy groups -OCH3 is 1. The van der Waals surface area contributed by atoms with Gasteiger partial charge in [-0.25, -0.2) is 0 Å². The summed E-state index contributed by atoms with van der Waals surface area (Å²) in [7, 11) is 1.83. The fraction of sp³-hybridized carbons (Fsp3) is 0.467. The van der Waals surface area contributed by atoms with Gasteiger partial charge in [0.2, 0.25) is 0 Å². The highest BCUT2D eigenvalue weighted by molar-refractivity contribution is 5.82. The quantitative estimate of drug-likeness (QED) is 0.848. The molecule has 3 rings (SSSR count). The van der Waals surface area contributed by atoms with Crippen LogP contribution in [0.25, 0.3) is 10.9 Å². The number of aryl methyl sites for hydroxylation is 1. The van der Waals surface area contributed by atoms with Crippen LogP contribution in [0.4, 0.5) is 0 Å². The molecular formula is C15H20N2O. The van der Waals surface area contributed by atoms with Crippen LogP contribution in [0.5, 0.6) is 0 Å². The van der Waals surface area contributed by atoms with E-state index in [2.05, 4.69) is 40.8 Å². The molecule has 1 aromatic carbocycles. The van der Waals surface area contributed by atoms with E-state index in [4.69, 9.17) is 4.74 Å². The molecule has 0 unspecified atom stereocenters. The van der Waals surface area contributed by atoms with Crippen molar-refractivity contribution in [3.8, 4) is 0 Å². The molecule has 3 nitrogen and oxygen atoms in total. The maximum atomic E-state index is 5.61. The summed E-state index contributed by atoms with van der Waals surface area (Å²) < 4.78 is 5.61. The molecule has 1 saturated heterocycles. The predicted molar refractivity (Wildman–Crippen MR) is 73.8 cm³/mol. The minimum absolute atomic E-state index is 0.103. The number of rotatable bonds is 5. The molecule has 1 aliphatic heterocycles. The van der Waals surface area contributed by atoms with Crippen molar-refractivity contribution in [2.75, 3.05) is 20.2 Å². The summed E-state index contributed by atoms with van der Waals surface area (Å²) in [6.07, 6.45) is 5.58. The lowest BCUT2D eigenvalue weighted by molar-refractivity contribution is -0.0581. The maximum Gasteiger partial charge on any atom is 0.0926 e. The van der Waals surface area contributed by atoms with Gasteiger partial charge in [-0.2, -0.15) is 0 Å². The Balaban J connectivity index is 1.63. The molecule has 0 spiro atoms.